The molecule has 2 aliphatic rings. The van der Waals surface area contributed by atoms with Crippen LogP contribution in [0.1, 0.15) is 22.3 Å². The third-order valence-corrected chi connectivity index (χ3v) is 8.72. The molecule has 0 amide bonds. The van der Waals surface area contributed by atoms with Gasteiger partial charge >= 0.3 is 0 Å². The van der Waals surface area contributed by atoms with Crippen molar-refractivity contribution in [3.8, 4) is 11.5 Å². The van der Waals surface area contributed by atoms with E-state index < -0.39 is 0 Å². The highest BCUT2D eigenvalue weighted by molar-refractivity contribution is 8.13. The fraction of sp³-hybridized carbons (Fsp3) is 0.333. The average molecular weight is 577 g/mol. The van der Waals surface area contributed by atoms with Crippen LogP contribution < -0.4 is 20.1 Å². The van der Waals surface area contributed by atoms with Gasteiger partial charge in [-0.3, -0.25) is 9.80 Å². The number of benzene rings is 3. The van der Waals surface area contributed by atoms with Gasteiger partial charge in [0.2, 0.25) is 0 Å². The quantitative estimate of drug-likeness (QED) is 0.352. The summed E-state index contributed by atoms with van der Waals surface area (Å²) >= 11 is 3.54. The normalized spacial score (nSPS) is 15.9. The summed E-state index contributed by atoms with van der Waals surface area (Å²) in [5.41, 5.74) is 5.18. The van der Waals surface area contributed by atoms with Crippen molar-refractivity contribution in [3.05, 3.63) is 95.1 Å². The first-order chi connectivity index (χ1) is 19.7. The zero-order chi connectivity index (χ0) is 27.6. The van der Waals surface area contributed by atoms with Crippen molar-refractivity contribution in [1.29, 1.82) is 0 Å². The highest BCUT2D eigenvalue weighted by Gasteiger charge is 2.16. The van der Waals surface area contributed by atoms with Crippen LogP contribution in [0.2, 0.25) is 0 Å². The van der Waals surface area contributed by atoms with Crippen molar-refractivity contribution in [2.75, 3.05) is 40.9 Å². The molecule has 0 atom stereocenters. The van der Waals surface area contributed by atoms with E-state index in [-0.39, 0.29) is 0 Å². The maximum absolute atomic E-state index is 5.25. The number of nitrogens with one attached hydrogen (secondary N) is 2. The summed E-state index contributed by atoms with van der Waals surface area (Å²) in [5, 5.41) is 8.97. The summed E-state index contributed by atoms with van der Waals surface area (Å²) in [6.45, 7) is 4.68. The molecule has 3 aromatic carbocycles. The number of nitrogens with zero attached hydrogens (tertiary/aromatic N) is 4. The van der Waals surface area contributed by atoms with Gasteiger partial charge in [-0.15, -0.1) is 0 Å². The summed E-state index contributed by atoms with van der Waals surface area (Å²) in [7, 11) is 3.38. The molecule has 0 saturated carbocycles. The monoisotopic (exact) mass is 576 g/mol. The van der Waals surface area contributed by atoms with Crippen LogP contribution >= 0.6 is 23.5 Å². The molecule has 0 fully saturated rings. The van der Waals surface area contributed by atoms with Crippen molar-refractivity contribution in [2.24, 2.45) is 9.98 Å². The predicted octanol–water partition coefficient (Wildman–Crippen LogP) is 4.92. The number of methoxy groups -OCH3 is 2. The molecule has 0 bridgehead atoms. The second-order valence-electron chi connectivity index (χ2n) is 9.58. The first-order valence-corrected chi connectivity index (χ1v) is 15.2. The minimum atomic E-state index is 0.694. The van der Waals surface area contributed by atoms with Crippen molar-refractivity contribution in [2.45, 2.75) is 24.6 Å². The summed E-state index contributed by atoms with van der Waals surface area (Å²) < 4.78 is 10.5. The third kappa shape index (κ3) is 8.17. The van der Waals surface area contributed by atoms with Gasteiger partial charge in [-0.05, 0) is 46.5 Å². The molecule has 3 aromatic rings. The minimum absolute atomic E-state index is 0.694. The van der Waals surface area contributed by atoms with Gasteiger partial charge in [0.1, 0.15) is 11.5 Å². The summed E-state index contributed by atoms with van der Waals surface area (Å²) in [6.07, 6.45) is 0. The van der Waals surface area contributed by atoms with Crippen LogP contribution in [0, 0.1) is 0 Å². The maximum Gasteiger partial charge on any atom is 0.159 e. The van der Waals surface area contributed by atoms with E-state index in [1.807, 2.05) is 24.3 Å². The lowest BCUT2D eigenvalue weighted by Crippen LogP contribution is -2.41. The van der Waals surface area contributed by atoms with Gasteiger partial charge in [-0.1, -0.05) is 72.1 Å². The summed E-state index contributed by atoms with van der Waals surface area (Å²) in [4.78, 5) is 14.1. The average Bonchev–Trinajstić information content (AvgIpc) is 3.01. The molecule has 2 aliphatic heterocycles. The van der Waals surface area contributed by atoms with Gasteiger partial charge < -0.3 is 20.1 Å². The molecule has 2 heterocycles. The van der Waals surface area contributed by atoms with Crippen LogP contribution in [0.25, 0.3) is 0 Å². The Bertz CT molecular complexity index is 1200. The van der Waals surface area contributed by atoms with Crippen molar-refractivity contribution in [3.63, 3.8) is 0 Å². The zero-order valence-corrected chi connectivity index (χ0v) is 24.6. The Hall–Kier alpha value is -3.18. The van der Waals surface area contributed by atoms with Gasteiger partial charge in [-0.2, -0.15) is 0 Å². The van der Waals surface area contributed by atoms with E-state index in [2.05, 4.69) is 69.0 Å². The van der Waals surface area contributed by atoms with Gasteiger partial charge in [0.15, 0.2) is 10.3 Å². The number of hydrogen-bond donors (Lipinski definition) is 2. The molecule has 10 heteroatoms. The van der Waals surface area contributed by atoms with E-state index in [0.29, 0.717) is 13.3 Å². The van der Waals surface area contributed by atoms with Crippen LogP contribution in [-0.2, 0) is 24.6 Å². The molecule has 0 saturated heterocycles. The molecular weight excluding hydrogens is 541 g/mol. The second kappa shape index (κ2) is 14.5. The Kier molecular flexibility index (Phi) is 10.2. The third-order valence-electron chi connectivity index (χ3n) is 6.71. The largest absolute Gasteiger partial charge is 0.497 e. The first-order valence-electron chi connectivity index (χ1n) is 13.3. The molecule has 8 nitrogen and oxygen atoms in total. The molecule has 2 N–H and O–H groups in total. The van der Waals surface area contributed by atoms with Crippen LogP contribution in [0.5, 0.6) is 11.5 Å². The van der Waals surface area contributed by atoms with Gasteiger partial charge in [0, 0.05) is 24.6 Å². The van der Waals surface area contributed by atoms with E-state index in [1.54, 1.807) is 37.7 Å². The highest BCUT2D eigenvalue weighted by Crippen LogP contribution is 2.23. The lowest BCUT2D eigenvalue weighted by Gasteiger charge is -2.27. The Balaban J connectivity index is 1.06. The Morgan fingerprint density at radius 3 is 1.43 bits per heavy atom. The van der Waals surface area contributed by atoms with Gasteiger partial charge in [0.05, 0.1) is 40.9 Å². The molecule has 0 aliphatic carbocycles. The molecular formula is C30H36N6O2S2. The van der Waals surface area contributed by atoms with E-state index in [0.717, 1.165) is 59.8 Å². The van der Waals surface area contributed by atoms with Crippen molar-refractivity contribution in [1.82, 2.24) is 20.4 Å². The number of thioether (sulfide) groups is 2. The fourth-order valence-corrected chi connectivity index (χ4v) is 6.19. The van der Waals surface area contributed by atoms with Gasteiger partial charge in [0.25, 0.3) is 0 Å². The minimum Gasteiger partial charge on any atom is -0.497 e. The van der Waals surface area contributed by atoms with Crippen LogP contribution in [0.15, 0.2) is 82.8 Å². The molecule has 40 heavy (non-hydrogen) atoms. The first kappa shape index (κ1) is 28.4. The Morgan fingerprint density at radius 2 is 1.07 bits per heavy atom. The van der Waals surface area contributed by atoms with Crippen LogP contribution in [0.4, 0.5) is 0 Å². The van der Waals surface area contributed by atoms with Crippen LogP contribution in [0.3, 0.4) is 0 Å². The van der Waals surface area contributed by atoms with E-state index in [1.165, 1.54) is 22.3 Å². The smallest absolute Gasteiger partial charge is 0.159 e. The SMILES string of the molecule is COc1ccc(CN2CN=C(SCc3ccccc3CSC3=NCN(Cc4ccc(OC)cc4)CN3)NC2)cc1. The van der Waals surface area contributed by atoms with Gasteiger partial charge in [-0.25, -0.2) is 9.98 Å². The number of ether oxygens (including phenoxy) is 2. The molecule has 0 radical (unpaired) electrons. The molecule has 0 aromatic heterocycles. The molecule has 0 unspecified atom stereocenters. The van der Waals surface area contributed by atoms with Crippen LogP contribution in [-0.4, -0.2) is 61.0 Å². The second-order valence-corrected chi connectivity index (χ2v) is 11.5. The molecule has 210 valence electrons. The lowest BCUT2D eigenvalue weighted by atomic mass is 10.1. The van der Waals surface area contributed by atoms with Crippen molar-refractivity contribution >= 4 is 33.9 Å². The maximum atomic E-state index is 5.25. The number of hydrogen-bond acceptors (Lipinski definition) is 10. The predicted molar refractivity (Wildman–Crippen MR) is 167 cm³/mol. The number of aliphatic imine (C=N–C) groups is 2. The van der Waals surface area contributed by atoms with E-state index in [4.69, 9.17) is 19.5 Å². The molecule has 5 rings (SSSR count). The fourth-order valence-electron chi connectivity index (χ4n) is 4.41. The highest BCUT2D eigenvalue weighted by atomic mass is 32.2. The summed E-state index contributed by atoms with van der Waals surface area (Å²) in [5.74, 6) is 3.53. The Morgan fingerprint density at radius 1 is 0.650 bits per heavy atom. The molecule has 0 spiro atoms. The standard InChI is InChI=1S/C30H36N6O2S2/c1-37-27-11-7-23(8-12-27)15-35-19-31-29(32-20-35)39-17-25-5-3-4-6-26(25)18-40-30-33-21-36(22-34-30)16-24-9-13-28(38-2)14-10-24/h3-14H,15-22H2,1-2H3,(H,31,32)(H,33,34). The topological polar surface area (TPSA) is 73.7 Å². The lowest BCUT2D eigenvalue weighted by molar-refractivity contribution is 0.258. The number of amidine groups is 2. The summed E-state index contributed by atoms with van der Waals surface area (Å²) in [6, 6.07) is 25.1. The zero-order valence-electron chi connectivity index (χ0n) is 23.0. The number of rotatable bonds is 10. The Labute approximate surface area is 245 Å². The van der Waals surface area contributed by atoms with E-state index >= 15 is 0 Å². The van der Waals surface area contributed by atoms with Crippen molar-refractivity contribution < 1.29 is 9.47 Å². The van der Waals surface area contributed by atoms with E-state index in [9.17, 15) is 0 Å².